The molecule has 0 bridgehead atoms. The zero-order valence-corrected chi connectivity index (χ0v) is 23.9. The number of carbonyl (C=O) groups excluding carboxylic acids is 2. The molecule has 3 rings (SSSR count). The number of unbranched alkanes of at least 4 members (excludes halogenated alkanes) is 2. The fraction of sp³-hybridized carbons (Fsp3) is 0.484. The van der Waals surface area contributed by atoms with E-state index in [0.29, 0.717) is 12.1 Å². The van der Waals surface area contributed by atoms with Crippen LogP contribution in [0.2, 0.25) is 0 Å². The van der Waals surface area contributed by atoms with E-state index in [1.54, 1.807) is 31.2 Å². The molecule has 0 aromatic heterocycles. The van der Waals surface area contributed by atoms with Crippen molar-refractivity contribution in [3.8, 4) is 0 Å². The lowest BCUT2D eigenvalue weighted by Crippen LogP contribution is -2.40. The van der Waals surface area contributed by atoms with Crippen molar-refractivity contribution in [1.29, 1.82) is 0 Å². The standard InChI is InChI=1S/C31H40N2O6/c1-7-9-12-19-39-32-26(29(37)38-8-2)27(34)33(25-14-11-10-13-22(25)28(35)36)21-15-16-23-24(20-21)31(5,6)18-17-30(23,3)4/h10-11,13-16,20H,7-9,12,17-19H2,1-6H3,(H,35,36). The predicted molar refractivity (Wildman–Crippen MR) is 152 cm³/mol. The number of carboxylic acids is 1. The first-order valence-electron chi connectivity index (χ1n) is 13.6. The molecule has 1 aliphatic rings. The van der Waals surface area contributed by atoms with Gasteiger partial charge in [-0.3, -0.25) is 9.69 Å². The van der Waals surface area contributed by atoms with Gasteiger partial charge in [-0.05, 0) is 72.4 Å². The SMILES string of the molecule is CCCCCON=C(C(=O)OCC)C(=O)N(c1ccc2c(c1)C(C)(C)CCC2(C)C)c1ccccc1C(=O)O. The van der Waals surface area contributed by atoms with Crippen molar-refractivity contribution in [2.24, 2.45) is 5.16 Å². The first-order chi connectivity index (χ1) is 18.4. The maximum atomic E-state index is 14.1. The van der Waals surface area contributed by atoms with E-state index in [1.165, 1.54) is 16.5 Å². The quantitative estimate of drug-likeness (QED) is 0.115. The topological polar surface area (TPSA) is 106 Å². The Labute approximate surface area is 231 Å². The Morgan fingerprint density at radius 1 is 0.949 bits per heavy atom. The van der Waals surface area contributed by atoms with Crippen molar-refractivity contribution in [1.82, 2.24) is 0 Å². The minimum Gasteiger partial charge on any atom is -0.478 e. The predicted octanol–water partition coefficient (Wildman–Crippen LogP) is 6.52. The highest BCUT2D eigenvalue weighted by atomic mass is 16.6. The van der Waals surface area contributed by atoms with Gasteiger partial charge in [0.1, 0.15) is 6.61 Å². The number of amides is 1. The average Bonchev–Trinajstić information content (AvgIpc) is 2.89. The Hall–Kier alpha value is -3.68. The highest BCUT2D eigenvalue weighted by Crippen LogP contribution is 2.47. The normalized spacial score (nSPS) is 15.7. The lowest BCUT2D eigenvalue weighted by atomic mass is 9.63. The van der Waals surface area contributed by atoms with Gasteiger partial charge in [0.25, 0.3) is 11.6 Å². The van der Waals surface area contributed by atoms with Crippen LogP contribution in [0.25, 0.3) is 0 Å². The number of esters is 1. The van der Waals surface area contributed by atoms with E-state index in [0.717, 1.165) is 31.2 Å². The van der Waals surface area contributed by atoms with Crippen LogP contribution in [0.15, 0.2) is 47.6 Å². The van der Waals surface area contributed by atoms with Crippen molar-refractivity contribution in [3.63, 3.8) is 0 Å². The maximum absolute atomic E-state index is 14.1. The number of hydrogen-bond acceptors (Lipinski definition) is 6. The molecule has 8 nitrogen and oxygen atoms in total. The number of para-hydroxylation sites is 1. The number of benzene rings is 2. The number of carboxylic acid groups (broad SMARTS) is 1. The average molecular weight is 537 g/mol. The third-order valence-electron chi connectivity index (χ3n) is 7.34. The molecule has 8 heteroatoms. The molecule has 0 radical (unpaired) electrons. The second-order valence-electron chi connectivity index (χ2n) is 11.2. The van der Waals surface area contributed by atoms with Crippen molar-refractivity contribution in [2.75, 3.05) is 18.1 Å². The van der Waals surface area contributed by atoms with E-state index in [-0.39, 0.29) is 35.3 Å². The Balaban J connectivity index is 2.21. The number of fused-ring (bicyclic) bond motifs is 1. The first kappa shape index (κ1) is 29.9. The summed E-state index contributed by atoms with van der Waals surface area (Å²) in [5, 5.41) is 13.9. The van der Waals surface area contributed by atoms with Crippen molar-refractivity contribution < 1.29 is 29.1 Å². The molecule has 0 saturated carbocycles. The first-order valence-corrected chi connectivity index (χ1v) is 13.6. The van der Waals surface area contributed by atoms with Crippen LogP contribution in [0.5, 0.6) is 0 Å². The van der Waals surface area contributed by atoms with Crippen LogP contribution in [-0.2, 0) is 30.0 Å². The number of aromatic carboxylic acids is 1. The molecule has 0 saturated heterocycles. The van der Waals surface area contributed by atoms with Gasteiger partial charge in [-0.2, -0.15) is 0 Å². The molecule has 210 valence electrons. The van der Waals surface area contributed by atoms with Crippen molar-refractivity contribution in [2.45, 2.75) is 84.5 Å². The summed E-state index contributed by atoms with van der Waals surface area (Å²) in [6, 6.07) is 11.9. The number of anilines is 2. The monoisotopic (exact) mass is 536 g/mol. The summed E-state index contributed by atoms with van der Waals surface area (Å²) in [4.78, 5) is 45.8. The van der Waals surface area contributed by atoms with E-state index in [1.807, 2.05) is 12.1 Å². The summed E-state index contributed by atoms with van der Waals surface area (Å²) in [6.07, 6.45) is 4.58. The van der Waals surface area contributed by atoms with Crippen LogP contribution in [0.1, 0.15) is 95.1 Å². The lowest BCUT2D eigenvalue weighted by Gasteiger charge is -2.42. The van der Waals surface area contributed by atoms with Crippen LogP contribution < -0.4 is 4.90 Å². The number of carbonyl (C=O) groups is 3. The molecule has 39 heavy (non-hydrogen) atoms. The molecule has 1 amide bonds. The Morgan fingerprint density at radius 2 is 1.62 bits per heavy atom. The second kappa shape index (κ2) is 12.5. The van der Waals surface area contributed by atoms with Gasteiger partial charge in [0.05, 0.1) is 17.9 Å². The van der Waals surface area contributed by atoms with E-state index in [9.17, 15) is 19.5 Å². The third-order valence-corrected chi connectivity index (χ3v) is 7.34. The fourth-order valence-electron chi connectivity index (χ4n) is 4.93. The summed E-state index contributed by atoms with van der Waals surface area (Å²) >= 11 is 0. The minimum atomic E-state index is -1.20. The number of ether oxygens (including phenoxy) is 1. The summed E-state index contributed by atoms with van der Waals surface area (Å²) in [6.45, 7) is 12.7. The van der Waals surface area contributed by atoms with Crippen LogP contribution in [0.3, 0.4) is 0 Å². The minimum absolute atomic E-state index is 0.0365. The van der Waals surface area contributed by atoms with Gasteiger partial charge >= 0.3 is 11.9 Å². The van der Waals surface area contributed by atoms with Crippen molar-refractivity contribution in [3.05, 3.63) is 59.2 Å². The second-order valence-corrected chi connectivity index (χ2v) is 11.2. The molecule has 0 unspecified atom stereocenters. The number of rotatable bonds is 11. The van der Waals surface area contributed by atoms with E-state index >= 15 is 0 Å². The molecule has 2 aromatic carbocycles. The van der Waals surface area contributed by atoms with E-state index in [4.69, 9.17) is 9.57 Å². The van der Waals surface area contributed by atoms with Crippen LogP contribution in [0, 0.1) is 0 Å². The van der Waals surface area contributed by atoms with Crippen LogP contribution in [0.4, 0.5) is 11.4 Å². The van der Waals surface area contributed by atoms with Gasteiger partial charge in [-0.25, -0.2) is 9.59 Å². The van der Waals surface area contributed by atoms with Gasteiger partial charge in [-0.15, -0.1) is 0 Å². The summed E-state index contributed by atoms with van der Waals surface area (Å²) in [5.74, 6) is -2.96. The Bertz CT molecular complexity index is 1250. The van der Waals surface area contributed by atoms with Gasteiger partial charge in [0.15, 0.2) is 0 Å². The lowest BCUT2D eigenvalue weighted by molar-refractivity contribution is -0.136. The smallest absolute Gasteiger partial charge is 0.366 e. The zero-order chi connectivity index (χ0) is 28.8. The van der Waals surface area contributed by atoms with Gasteiger partial charge in [-0.1, -0.05) is 70.8 Å². The van der Waals surface area contributed by atoms with Gasteiger partial charge in [0, 0.05) is 5.69 Å². The maximum Gasteiger partial charge on any atom is 0.366 e. The zero-order valence-electron chi connectivity index (χ0n) is 23.9. The Morgan fingerprint density at radius 3 is 2.26 bits per heavy atom. The van der Waals surface area contributed by atoms with Gasteiger partial charge < -0.3 is 14.7 Å². The Kier molecular flexibility index (Phi) is 9.54. The fourth-order valence-corrected chi connectivity index (χ4v) is 4.93. The van der Waals surface area contributed by atoms with Gasteiger partial charge in [0.2, 0.25) is 0 Å². The molecule has 0 aliphatic heterocycles. The highest BCUT2D eigenvalue weighted by Gasteiger charge is 2.39. The summed E-state index contributed by atoms with van der Waals surface area (Å²) < 4.78 is 5.14. The molecule has 1 N–H and O–H groups in total. The molecule has 0 heterocycles. The summed E-state index contributed by atoms with van der Waals surface area (Å²) in [7, 11) is 0. The van der Waals surface area contributed by atoms with Crippen LogP contribution >= 0.6 is 0 Å². The number of hydrogen-bond donors (Lipinski definition) is 1. The molecule has 0 fully saturated rings. The molecule has 1 aliphatic carbocycles. The molecular formula is C31H40N2O6. The molecule has 0 spiro atoms. The van der Waals surface area contributed by atoms with Crippen molar-refractivity contribution >= 4 is 34.9 Å². The largest absolute Gasteiger partial charge is 0.478 e. The van der Waals surface area contributed by atoms with E-state index < -0.39 is 23.6 Å². The van der Waals surface area contributed by atoms with E-state index in [2.05, 4.69) is 39.8 Å². The third kappa shape index (κ3) is 6.67. The van der Waals surface area contributed by atoms with Crippen LogP contribution in [-0.4, -0.2) is 41.9 Å². The number of nitrogens with zero attached hydrogens (tertiary/aromatic N) is 2. The molecule has 0 atom stereocenters. The summed E-state index contributed by atoms with van der Waals surface area (Å²) in [5.41, 5.74) is 1.95. The number of oxime groups is 1. The molecule has 2 aromatic rings. The highest BCUT2D eigenvalue weighted by molar-refractivity contribution is 6.66. The molecular weight excluding hydrogens is 496 g/mol.